The van der Waals surface area contributed by atoms with Gasteiger partial charge in [0.1, 0.15) is 5.82 Å². The topological polar surface area (TPSA) is 49.3 Å². The third kappa shape index (κ3) is 3.79. The van der Waals surface area contributed by atoms with Gasteiger partial charge in [-0.3, -0.25) is 9.27 Å². The monoisotopic (exact) mass is 319 g/mol. The number of nitrogens with one attached hydrogen (secondary N) is 1. The van der Waals surface area contributed by atoms with Crippen LogP contribution in [0.25, 0.3) is 11.1 Å². The fourth-order valence-electron chi connectivity index (χ4n) is 1.76. The Morgan fingerprint density at radius 3 is 2.05 bits per heavy atom. The van der Waals surface area contributed by atoms with Crippen LogP contribution < -0.4 is 4.72 Å². The average Bonchev–Trinajstić information content (AvgIpc) is 2.37. The van der Waals surface area contributed by atoms with Crippen molar-refractivity contribution in [3.8, 4) is 11.1 Å². The summed E-state index contributed by atoms with van der Waals surface area (Å²) < 4.78 is 72.3. The molecule has 2 aromatic rings. The molecule has 0 heterocycles. The Bertz CT molecular complexity index is 671. The molecule has 0 radical (unpaired) electrons. The normalized spacial score (nSPS) is 13.0. The van der Waals surface area contributed by atoms with Gasteiger partial charge in [0, 0.05) is 5.69 Å². The van der Waals surface area contributed by atoms with E-state index in [1.54, 1.807) is 0 Å². The summed E-state index contributed by atoms with van der Waals surface area (Å²) in [7, 11) is 0. The molecule has 0 aliphatic heterocycles. The fourth-order valence-corrected chi connectivity index (χ4v) is 2.09. The SMILES string of the molecule is O=S(O)Nc1ccc(-c2ccc(C(F)(F)F)c(F)c2)cc1. The molecule has 0 aliphatic rings. The fraction of sp³-hybridized carbons (Fsp3) is 0.0769. The average molecular weight is 319 g/mol. The number of rotatable bonds is 3. The van der Waals surface area contributed by atoms with E-state index in [9.17, 15) is 21.8 Å². The van der Waals surface area contributed by atoms with Crippen molar-refractivity contribution in [2.45, 2.75) is 6.18 Å². The quantitative estimate of drug-likeness (QED) is 0.662. The lowest BCUT2D eigenvalue weighted by molar-refractivity contribution is -0.139. The molecule has 0 bridgehead atoms. The maximum Gasteiger partial charge on any atom is 0.419 e. The summed E-state index contributed by atoms with van der Waals surface area (Å²) in [5.41, 5.74) is -0.207. The first kappa shape index (κ1) is 15.5. The predicted octanol–water partition coefficient (Wildman–Crippen LogP) is 4.06. The van der Waals surface area contributed by atoms with Crippen LogP contribution in [-0.2, 0) is 17.4 Å². The van der Waals surface area contributed by atoms with Gasteiger partial charge in [-0.25, -0.2) is 8.60 Å². The lowest BCUT2D eigenvalue weighted by Gasteiger charge is -2.10. The smallest absolute Gasteiger partial charge is 0.289 e. The first-order chi connectivity index (χ1) is 9.77. The summed E-state index contributed by atoms with van der Waals surface area (Å²) in [4.78, 5) is 0. The molecule has 1 atom stereocenters. The van der Waals surface area contributed by atoms with Crippen LogP contribution in [0.15, 0.2) is 42.5 Å². The predicted molar refractivity (Wildman–Crippen MR) is 71.2 cm³/mol. The van der Waals surface area contributed by atoms with Crippen LogP contribution in [0.1, 0.15) is 5.56 Å². The van der Waals surface area contributed by atoms with E-state index in [2.05, 4.69) is 4.72 Å². The molecule has 2 aromatic carbocycles. The van der Waals surface area contributed by atoms with E-state index < -0.39 is 28.8 Å². The third-order valence-electron chi connectivity index (χ3n) is 2.70. The van der Waals surface area contributed by atoms with E-state index in [1.165, 1.54) is 30.3 Å². The van der Waals surface area contributed by atoms with Crippen LogP contribution in [-0.4, -0.2) is 8.76 Å². The molecule has 0 aromatic heterocycles. The number of benzene rings is 2. The van der Waals surface area contributed by atoms with Gasteiger partial charge >= 0.3 is 6.18 Å². The highest BCUT2D eigenvalue weighted by Crippen LogP contribution is 2.33. The molecule has 0 saturated carbocycles. The highest BCUT2D eigenvalue weighted by Gasteiger charge is 2.33. The zero-order chi connectivity index (χ0) is 15.6. The Kier molecular flexibility index (Phi) is 4.29. The van der Waals surface area contributed by atoms with Crippen molar-refractivity contribution in [2.24, 2.45) is 0 Å². The van der Waals surface area contributed by atoms with Gasteiger partial charge in [0.15, 0.2) is 0 Å². The van der Waals surface area contributed by atoms with Crippen molar-refractivity contribution in [3.05, 3.63) is 53.8 Å². The molecule has 3 nitrogen and oxygen atoms in total. The van der Waals surface area contributed by atoms with Crippen molar-refractivity contribution in [2.75, 3.05) is 4.72 Å². The number of hydrogen-bond acceptors (Lipinski definition) is 1. The summed E-state index contributed by atoms with van der Waals surface area (Å²) in [5, 5.41) is 0. The van der Waals surface area contributed by atoms with Gasteiger partial charge in [0.05, 0.1) is 5.56 Å². The minimum Gasteiger partial charge on any atom is -0.289 e. The van der Waals surface area contributed by atoms with Crippen LogP contribution >= 0.6 is 0 Å². The van der Waals surface area contributed by atoms with Crippen molar-refractivity contribution in [1.82, 2.24) is 0 Å². The Morgan fingerprint density at radius 1 is 1.00 bits per heavy atom. The molecule has 0 aliphatic carbocycles. The van der Waals surface area contributed by atoms with Crippen molar-refractivity contribution in [1.29, 1.82) is 0 Å². The molecule has 0 fully saturated rings. The Morgan fingerprint density at radius 2 is 1.57 bits per heavy atom. The molecular formula is C13H9F4NO2S. The zero-order valence-electron chi connectivity index (χ0n) is 10.3. The molecule has 8 heteroatoms. The second kappa shape index (κ2) is 5.82. The molecular weight excluding hydrogens is 310 g/mol. The maximum atomic E-state index is 13.5. The summed E-state index contributed by atoms with van der Waals surface area (Å²) >= 11 is -2.22. The van der Waals surface area contributed by atoms with Crippen molar-refractivity contribution >= 4 is 17.0 Å². The molecule has 0 saturated heterocycles. The first-order valence-corrected chi connectivity index (χ1v) is 6.73. The highest BCUT2D eigenvalue weighted by molar-refractivity contribution is 7.80. The minimum atomic E-state index is -4.73. The van der Waals surface area contributed by atoms with Gasteiger partial charge in [-0.2, -0.15) is 13.2 Å². The standard InChI is InChI=1S/C13H9F4NO2S/c14-12-7-9(3-6-11(12)13(15,16)17)8-1-4-10(5-2-8)18-21(19)20/h1-7,18H,(H,19,20). The number of alkyl halides is 3. The van der Waals surface area contributed by atoms with Crippen molar-refractivity contribution in [3.63, 3.8) is 0 Å². The van der Waals surface area contributed by atoms with E-state index in [0.717, 1.165) is 6.07 Å². The van der Waals surface area contributed by atoms with Crippen LogP contribution in [0.3, 0.4) is 0 Å². The summed E-state index contributed by atoms with van der Waals surface area (Å²) in [6.45, 7) is 0. The number of halogens is 4. The minimum absolute atomic E-state index is 0.275. The lowest BCUT2D eigenvalue weighted by atomic mass is 10.0. The van der Waals surface area contributed by atoms with Gasteiger partial charge in [-0.1, -0.05) is 18.2 Å². The second-order valence-electron chi connectivity index (χ2n) is 4.12. The first-order valence-electron chi connectivity index (χ1n) is 5.62. The summed E-state index contributed by atoms with van der Waals surface area (Å²) in [5.74, 6) is -1.35. The van der Waals surface area contributed by atoms with E-state index in [-0.39, 0.29) is 5.56 Å². The van der Waals surface area contributed by atoms with Gasteiger partial charge in [0.25, 0.3) is 11.3 Å². The Balaban J connectivity index is 2.30. The van der Waals surface area contributed by atoms with Crippen LogP contribution in [0.4, 0.5) is 23.2 Å². The van der Waals surface area contributed by atoms with E-state index in [0.29, 0.717) is 17.3 Å². The molecule has 112 valence electrons. The van der Waals surface area contributed by atoms with Gasteiger partial charge < -0.3 is 0 Å². The maximum absolute atomic E-state index is 13.5. The van der Waals surface area contributed by atoms with Crippen molar-refractivity contribution < 1.29 is 26.3 Å². The number of anilines is 1. The van der Waals surface area contributed by atoms with E-state index in [4.69, 9.17) is 4.55 Å². The largest absolute Gasteiger partial charge is 0.419 e. The zero-order valence-corrected chi connectivity index (χ0v) is 11.1. The van der Waals surface area contributed by atoms with Gasteiger partial charge in [-0.15, -0.1) is 0 Å². The molecule has 0 spiro atoms. The van der Waals surface area contributed by atoms with Gasteiger partial charge in [0.2, 0.25) is 0 Å². The number of hydrogen-bond donors (Lipinski definition) is 2. The van der Waals surface area contributed by atoms with Crippen LogP contribution in [0.5, 0.6) is 0 Å². The molecule has 1 unspecified atom stereocenters. The summed E-state index contributed by atoms with van der Waals surface area (Å²) in [6.07, 6.45) is -4.73. The molecule has 2 rings (SSSR count). The van der Waals surface area contributed by atoms with E-state index in [1.807, 2.05) is 0 Å². The second-order valence-corrected chi connectivity index (χ2v) is 4.82. The molecule has 2 N–H and O–H groups in total. The summed E-state index contributed by atoms with van der Waals surface area (Å²) in [6, 6.07) is 8.56. The lowest BCUT2D eigenvalue weighted by Crippen LogP contribution is -2.07. The third-order valence-corrected chi connectivity index (χ3v) is 3.11. The van der Waals surface area contributed by atoms with E-state index >= 15 is 0 Å². The Hall–Kier alpha value is -1.93. The van der Waals surface area contributed by atoms with Crippen LogP contribution in [0, 0.1) is 5.82 Å². The Labute approximate surface area is 120 Å². The van der Waals surface area contributed by atoms with Crippen LogP contribution in [0.2, 0.25) is 0 Å². The molecule has 0 amide bonds. The molecule has 21 heavy (non-hydrogen) atoms. The highest BCUT2D eigenvalue weighted by atomic mass is 32.2. The van der Waals surface area contributed by atoms with Gasteiger partial charge in [-0.05, 0) is 35.4 Å².